The molecule has 24 heavy (non-hydrogen) atoms. The first-order valence-corrected chi connectivity index (χ1v) is 9.94. The zero-order valence-electron chi connectivity index (χ0n) is 13.6. The molecular formula is C17H22ClN3OS2. The summed E-state index contributed by atoms with van der Waals surface area (Å²) >= 11 is 3.38. The van der Waals surface area contributed by atoms with Crippen LogP contribution in [0.5, 0.6) is 0 Å². The number of aromatic nitrogens is 1. The molecular weight excluding hydrogens is 362 g/mol. The number of halogens is 1. The molecule has 0 aliphatic carbocycles. The Bertz CT molecular complexity index is 654. The molecule has 1 fully saturated rings. The van der Waals surface area contributed by atoms with E-state index in [1.54, 1.807) is 0 Å². The first-order chi connectivity index (χ1) is 11.2. The number of nitrogens with zero attached hydrogens (tertiary/aromatic N) is 1. The van der Waals surface area contributed by atoms with Gasteiger partial charge in [0.2, 0.25) is 5.91 Å². The molecule has 0 radical (unpaired) electrons. The van der Waals surface area contributed by atoms with Crippen LogP contribution in [0.2, 0.25) is 0 Å². The van der Waals surface area contributed by atoms with Gasteiger partial charge in [0.1, 0.15) is 0 Å². The Morgan fingerprint density at radius 3 is 2.83 bits per heavy atom. The van der Waals surface area contributed by atoms with E-state index in [4.69, 9.17) is 0 Å². The molecule has 7 heteroatoms. The molecule has 2 heterocycles. The normalized spacial score (nSPS) is 17.1. The lowest BCUT2D eigenvalue weighted by Gasteiger charge is -2.22. The number of hydrogen-bond donors (Lipinski definition) is 2. The van der Waals surface area contributed by atoms with Gasteiger partial charge in [0, 0.05) is 41.5 Å². The number of carbonyl (C=O) groups is 1. The number of thioether (sulfide) groups is 1. The van der Waals surface area contributed by atoms with Crippen molar-refractivity contribution in [3.05, 3.63) is 35.2 Å². The smallest absolute Gasteiger partial charge is 0.227 e. The molecule has 2 aromatic rings. The van der Waals surface area contributed by atoms with E-state index in [0.717, 1.165) is 35.7 Å². The monoisotopic (exact) mass is 383 g/mol. The lowest BCUT2D eigenvalue weighted by molar-refractivity contribution is -0.116. The number of amides is 1. The standard InChI is InChI=1S/C17H21N3OS2.ClH/c1-2-12-3-5-13(6-4-12)15-11-23-17(19-15)20-16(21)9-14-10-22-8-7-18-14;/h3-6,11,14,18H,2,7-10H2,1H3,(H,19,20,21);1H. The highest BCUT2D eigenvalue weighted by molar-refractivity contribution is 7.99. The summed E-state index contributed by atoms with van der Waals surface area (Å²) < 4.78 is 0. The van der Waals surface area contributed by atoms with Gasteiger partial charge in [-0.15, -0.1) is 23.7 Å². The number of nitrogens with one attached hydrogen (secondary N) is 2. The quantitative estimate of drug-likeness (QED) is 0.823. The van der Waals surface area contributed by atoms with Crippen LogP contribution in [-0.2, 0) is 11.2 Å². The van der Waals surface area contributed by atoms with Crippen LogP contribution in [0.15, 0.2) is 29.6 Å². The lowest BCUT2D eigenvalue weighted by Crippen LogP contribution is -2.39. The predicted molar refractivity (Wildman–Crippen MR) is 107 cm³/mol. The second-order valence-electron chi connectivity index (χ2n) is 5.57. The maximum Gasteiger partial charge on any atom is 0.227 e. The van der Waals surface area contributed by atoms with Crippen molar-refractivity contribution in [3.63, 3.8) is 0 Å². The van der Waals surface area contributed by atoms with Crippen molar-refractivity contribution >= 4 is 46.5 Å². The summed E-state index contributed by atoms with van der Waals surface area (Å²) in [7, 11) is 0. The SMILES string of the molecule is CCc1ccc(-c2csc(NC(=O)CC3CSCCN3)n2)cc1.Cl. The molecule has 1 aromatic heterocycles. The maximum absolute atomic E-state index is 12.1. The fourth-order valence-electron chi connectivity index (χ4n) is 2.52. The number of anilines is 1. The van der Waals surface area contributed by atoms with Crippen molar-refractivity contribution in [1.29, 1.82) is 0 Å². The molecule has 3 rings (SSSR count). The Hall–Kier alpha value is -1.08. The van der Waals surface area contributed by atoms with Gasteiger partial charge >= 0.3 is 0 Å². The number of carbonyl (C=O) groups excluding carboxylic acids is 1. The third-order valence-electron chi connectivity index (χ3n) is 3.84. The zero-order valence-corrected chi connectivity index (χ0v) is 16.0. The summed E-state index contributed by atoms with van der Waals surface area (Å²) in [5.41, 5.74) is 3.32. The Kier molecular flexibility index (Phi) is 7.55. The molecule has 1 atom stereocenters. The van der Waals surface area contributed by atoms with Gasteiger partial charge < -0.3 is 10.6 Å². The zero-order chi connectivity index (χ0) is 16.1. The van der Waals surface area contributed by atoms with Crippen molar-refractivity contribution < 1.29 is 4.79 Å². The van der Waals surface area contributed by atoms with Crippen LogP contribution in [0.4, 0.5) is 5.13 Å². The summed E-state index contributed by atoms with van der Waals surface area (Å²) in [6, 6.07) is 8.69. The number of hydrogen-bond acceptors (Lipinski definition) is 5. The molecule has 1 aromatic carbocycles. The van der Waals surface area contributed by atoms with Gasteiger partial charge in [-0.05, 0) is 12.0 Å². The second-order valence-corrected chi connectivity index (χ2v) is 7.57. The molecule has 1 saturated heterocycles. The molecule has 1 aliphatic heterocycles. The van der Waals surface area contributed by atoms with E-state index in [9.17, 15) is 4.79 Å². The highest BCUT2D eigenvalue weighted by atomic mass is 35.5. The molecule has 0 saturated carbocycles. The molecule has 130 valence electrons. The number of benzene rings is 1. The minimum atomic E-state index is 0. The van der Waals surface area contributed by atoms with Crippen molar-refractivity contribution in [2.75, 3.05) is 23.4 Å². The minimum absolute atomic E-state index is 0. The van der Waals surface area contributed by atoms with Gasteiger partial charge in [-0.1, -0.05) is 31.2 Å². The van der Waals surface area contributed by atoms with Gasteiger partial charge in [-0.2, -0.15) is 11.8 Å². The van der Waals surface area contributed by atoms with Crippen LogP contribution in [0.25, 0.3) is 11.3 Å². The maximum atomic E-state index is 12.1. The third-order valence-corrected chi connectivity index (χ3v) is 5.73. The first kappa shape index (κ1) is 19.2. The number of rotatable bonds is 5. The van der Waals surface area contributed by atoms with E-state index in [1.165, 1.54) is 16.9 Å². The highest BCUT2D eigenvalue weighted by Crippen LogP contribution is 2.25. The van der Waals surface area contributed by atoms with Crippen LogP contribution >= 0.6 is 35.5 Å². The van der Waals surface area contributed by atoms with E-state index < -0.39 is 0 Å². The Morgan fingerprint density at radius 2 is 2.17 bits per heavy atom. The van der Waals surface area contributed by atoms with Crippen LogP contribution in [0.1, 0.15) is 18.9 Å². The molecule has 1 amide bonds. The molecule has 2 N–H and O–H groups in total. The van der Waals surface area contributed by atoms with Crippen molar-refractivity contribution in [2.24, 2.45) is 0 Å². The van der Waals surface area contributed by atoms with Crippen LogP contribution < -0.4 is 10.6 Å². The highest BCUT2D eigenvalue weighted by Gasteiger charge is 2.17. The largest absolute Gasteiger partial charge is 0.312 e. The van der Waals surface area contributed by atoms with E-state index in [-0.39, 0.29) is 24.4 Å². The van der Waals surface area contributed by atoms with E-state index in [1.807, 2.05) is 17.1 Å². The minimum Gasteiger partial charge on any atom is -0.312 e. The third kappa shape index (κ3) is 5.21. The number of aryl methyl sites for hydroxylation is 1. The van der Waals surface area contributed by atoms with E-state index >= 15 is 0 Å². The summed E-state index contributed by atoms with van der Waals surface area (Å²) in [6.07, 6.45) is 1.54. The van der Waals surface area contributed by atoms with Crippen LogP contribution in [0.3, 0.4) is 0 Å². The van der Waals surface area contributed by atoms with Gasteiger partial charge in [-0.3, -0.25) is 4.79 Å². The van der Waals surface area contributed by atoms with Gasteiger partial charge in [0.25, 0.3) is 0 Å². The summed E-state index contributed by atoms with van der Waals surface area (Å²) in [5, 5.41) is 8.97. The molecule has 4 nitrogen and oxygen atoms in total. The Labute approximate surface area is 157 Å². The molecule has 1 unspecified atom stereocenters. The fraction of sp³-hybridized carbons (Fsp3) is 0.412. The average molecular weight is 384 g/mol. The molecule has 1 aliphatic rings. The number of thiazole rings is 1. The van der Waals surface area contributed by atoms with Gasteiger partial charge in [0.15, 0.2) is 5.13 Å². The predicted octanol–water partition coefficient (Wildman–Crippen LogP) is 3.83. The van der Waals surface area contributed by atoms with Crippen LogP contribution in [0, 0.1) is 0 Å². The summed E-state index contributed by atoms with van der Waals surface area (Å²) in [4.78, 5) is 16.6. The topological polar surface area (TPSA) is 54.0 Å². The van der Waals surface area contributed by atoms with Crippen molar-refractivity contribution in [1.82, 2.24) is 10.3 Å². The van der Waals surface area contributed by atoms with E-state index in [2.05, 4.69) is 46.8 Å². The fourth-order valence-corrected chi connectivity index (χ4v) is 4.20. The Balaban J connectivity index is 0.00000208. The van der Waals surface area contributed by atoms with Crippen LogP contribution in [-0.4, -0.2) is 35.0 Å². The first-order valence-electron chi connectivity index (χ1n) is 7.90. The van der Waals surface area contributed by atoms with Gasteiger partial charge in [-0.25, -0.2) is 4.98 Å². The Morgan fingerprint density at radius 1 is 1.38 bits per heavy atom. The van der Waals surface area contributed by atoms with E-state index in [0.29, 0.717) is 11.6 Å². The summed E-state index contributed by atoms with van der Waals surface area (Å²) in [5.74, 6) is 2.16. The second kappa shape index (κ2) is 9.42. The summed E-state index contributed by atoms with van der Waals surface area (Å²) in [6.45, 7) is 3.13. The van der Waals surface area contributed by atoms with Crippen molar-refractivity contribution in [2.45, 2.75) is 25.8 Å². The lowest BCUT2D eigenvalue weighted by atomic mass is 10.1. The van der Waals surface area contributed by atoms with Gasteiger partial charge in [0.05, 0.1) is 5.69 Å². The van der Waals surface area contributed by atoms with Crippen molar-refractivity contribution in [3.8, 4) is 11.3 Å². The molecule has 0 spiro atoms. The molecule has 0 bridgehead atoms. The average Bonchev–Trinajstić information content (AvgIpc) is 3.04.